The molecule has 0 saturated carbocycles. The number of benzene rings is 6. The van der Waals surface area contributed by atoms with Crippen LogP contribution in [0.15, 0.2) is 140 Å². The molecule has 48 heavy (non-hydrogen) atoms. The fourth-order valence-corrected chi connectivity index (χ4v) is 7.07. The highest BCUT2D eigenvalue weighted by Crippen LogP contribution is 2.60. The lowest BCUT2D eigenvalue weighted by molar-refractivity contribution is -0.388. The van der Waals surface area contributed by atoms with Crippen LogP contribution in [0.1, 0.15) is 27.8 Å². The predicted molar refractivity (Wildman–Crippen MR) is 167 cm³/mol. The molecule has 242 valence electrons. The number of halogens is 9. The second kappa shape index (κ2) is 10.7. The molecule has 1 aliphatic rings. The Morgan fingerprint density at radius 3 is 1.56 bits per heavy atom. The lowest BCUT2D eigenvalue weighted by atomic mass is 9.67. The van der Waals surface area contributed by atoms with Gasteiger partial charge in [0.1, 0.15) is 0 Å². The van der Waals surface area contributed by atoms with Gasteiger partial charge in [0, 0.05) is 5.56 Å². The molecule has 0 radical (unpaired) electrons. The summed E-state index contributed by atoms with van der Waals surface area (Å²) in [7, 11) is 0. The highest BCUT2D eigenvalue weighted by Gasteiger charge is 2.82. The fraction of sp³-hybridized carbons (Fsp3) is 0.128. The van der Waals surface area contributed by atoms with Crippen LogP contribution < -0.4 is 0 Å². The maximum atomic E-state index is 15.8. The van der Waals surface area contributed by atoms with Crippen LogP contribution in [0.5, 0.6) is 0 Å². The molecule has 7 rings (SSSR count). The molecule has 0 spiro atoms. The van der Waals surface area contributed by atoms with Gasteiger partial charge >= 0.3 is 23.9 Å². The van der Waals surface area contributed by atoms with Gasteiger partial charge in [-0.3, -0.25) is 0 Å². The van der Waals surface area contributed by atoms with Gasteiger partial charge in [-0.1, -0.05) is 127 Å². The van der Waals surface area contributed by atoms with E-state index in [0.29, 0.717) is 11.6 Å². The SMILES string of the molecule is FC(F)(F)C(F)(F)C(F)(c1cccc2ccc(-c3ccc4c(c3)C(c3ccccc3)(c3ccccc3)c3ccccc3-4)cc12)C(F)(F)F. The minimum Gasteiger partial charge on any atom is -0.221 e. The molecule has 9 heteroatoms. The van der Waals surface area contributed by atoms with Crippen LogP contribution in [0.2, 0.25) is 0 Å². The van der Waals surface area contributed by atoms with Gasteiger partial charge in [-0.25, -0.2) is 4.39 Å². The molecule has 0 amide bonds. The van der Waals surface area contributed by atoms with Gasteiger partial charge in [0.05, 0.1) is 5.41 Å². The summed E-state index contributed by atoms with van der Waals surface area (Å²) in [6.07, 6.45) is -13.4. The third-order valence-corrected chi connectivity index (χ3v) is 9.22. The van der Waals surface area contributed by atoms with Crippen molar-refractivity contribution in [3.8, 4) is 22.3 Å². The third kappa shape index (κ3) is 4.32. The van der Waals surface area contributed by atoms with Gasteiger partial charge in [-0.15, -0.1) is 0 Å². The van der Waals surface area contributed by atoms with E-state index in [1.165, 1.54) is 18.2 Å². The van der Waals surface area contributed by atoms with Crippen LogP contribution in [0.3, 0.4) is 0 Å². The van der Waals surface area contributed by atoms with Crippen molar-refractivity contribution in [2.45, 2.75) is 29.4 Å². The summed E-state index contributed by atoms with van der Waals surface area (Å²) in [6.45, 7) is 0. The van der Waals surface area contributed by atoms with E-state index < -0.39 is 40.3 Å². The van der Waals surface area contributed by atoms with Crippen LogP contribution in [0, 0.1) is 0 Å². The highest BCUT2D eigenvalue weighted by atomic mass is 19.4. The zero-order chi connectivity index (χ0) is 34.1. The molecule has 0 N–H and O–H groups in total. The van der Waals surface area contributed by atoms with E-state index in [1.54, 1.807) is 6.07 Å². The molecule has 6 aromatic carbocycles. The molecular weight excluding hydrogens is 639 g/mol. The Morgan fingerprint density at radius 2 is 0.958 bits per heavy atom. The van der Waals surface area contributed by atoms with Crippen molar-refractivity contribution >= 4 is 10.8 Å². The lowest BCUT2D eigenvalue weighted by Crippen LogP contribution is -2.59. The zero-order valence-electron chi connectivity index (χ0n) is 24.7. The van der Waals surface area contributed by atoms with Gasteiger partial charge in [0.2, 0.25) is 0 Å². The molecule has 1 atom stereocenters. The maximum Gasteiger partial charge on any atom is 0.457 e. The first-order valence-electron chi connectivity index (χ1n) is 14.8. The predicted octanol–water partition coefficient (Wildman–Crippen LogP) is 11.8. The molecule has 1 unspecified atom stereocenters. The quantitative estimate of drug-likeness (QED) is 0.161. The summed E-state index contributed by atoms with van der Waals surface area (Å²) >= 11 is 0. The number of rotatable bonds is 5. The average Bonchev–Trinajstić information content (AvgIpc) is 3.37. The smallest absolute Gasteiger partial charge is 0.221 e. The first kappa shape index (κ1) is 31.5. The Labute approximate surface area is 269 Å². The second-order valence-corrected chi connectivity index (χ2v) is 11.8. The maximum absolute atomic E-state index is 15.8. The van der Waals surface area contributed by atoms with Gasteiger partial charge in [-0.2, -0.15) is 35.1 Å². The van der Waals surface area contributed by atoms with Crippen molar-refractivity contribution in [3.63, 3.8) is 0 Å². The van der Waals surface area contributed by atoms with Crippen molar-refractivity contribution < 1.29 is 39.5 Å². The summed E-state index contributed by atoms with van der Waals surface area (Å²) in [6, 6.07) is 38.8. The summed E-state index contributed by atoms with van der Waals surface area (Å²) < 4.78 is 127. The van der Waals surface area contributed by atoms with Crippen molar-refractivity contribution in [1.29, 1.82) is 0 Å². The van der Waals surface area contributed by atoms with E-state index >= 15 is 4.39 Å². The summed E-state index contributed by atoms with van der Waals surface area (Å²) in [4.78, 5) is 0. The number of fused-ring (bicyclic) bond motifs is 4. The number of hydrogen-bond donors (Lipinski definition) is 0. The lowest BCUT2D eigenvalue weighted by Gasteiger charge is -2.36. The average molecular weight is 663 g/mol. The van der Waals surface area contributed by atoms with Crippen molar-refractivity contribution in [2.75, 3.05) is 0 Å². The van der Waals surface area contributed by atoms with E-state index in [9.17, 15) is 35.1 Å². The third-order valence-electron chi connectivity index (χ3n) is 9.22. The molecule has 0 heterocycles. The monoisotopic (exact) mass is 662 g/mol. The van der Waals surface area contributed by atoms with Crippen molar-refractivity contribution in [3.05, 3.63) is 167 Å². The Hall–Kier alpha value is -5.05. The van der Waals surface area contributed by atoms with E-state index in [-0.39, 0.29) is 10.9 Å². The Kier molecular flexibility index (Phi) is 7.05. The minimum absolute atomic E-state index is 0.142. The van der Waals surface area contributed by atoms with Crippen LogP contribution in [-0.4, -0.2) is 18.3 Å². The first-order valence-corrected chi connectivity index (χ1v) is 14.8. The summed E-state index contributed by atoms with van der Waals surface area (Å²) in [5.74, 6) is -6.78. The standard InChI is InChI=1S/C39H23F9/c40-36(38(43,44)45,37(41,42)39(46,47)48)33-17-9-10-24-18-19-25(22-31(24)33)26-20-21-30-29-15-7-8-16-32(29)35(34(30)23-26,27-11-3-1-4-12-27)28-13-5-2-6-14-28/h1-23H. The van der Waals surface area contributed by atoms with Gasteiger partial charge in [0.25, 0.3) is 0 Å². The molecule has 0 aromatic heterocycles. The zero-order valence-corrected chi connectivity index (χ0v) is 24.7. The van der Waals surface area contributed by atoms with Gasteiger partial charge in [-0.05, 0) is 67.4 Å². The molecule has 0 bridgehead atoms. The van der Waals surface area contributed by atoms with Crippen LogP contribution >= 0.6 is 0 Å². The van der Waals surface area contributed by atoms with Crippen LogP contribution in [-0.2, 0) is 11.1 Å². The van der Waals surface area contributed by atoms with Crippen molar-refractivity contribution in [1.82, 2.24) is 0 Å². The van der Waals surface area contributed by atoms with Crippen LogP contribution in [0.4, 0.5) is 39.5 Å². The summed E-state index contributed by atoms with van der Waals surface area (Å²) in [5.41, 5.74) is -2.59. The van der Waals surface area contributed by atoms with Crippen molar-refractivity contribution in [2.24, 2.45) is 0 Å². The number of hydrogen-bond acceptors (Lipinski definition) is 0. The molecular formula is C39H23F9. The summed E-state index contributed by atoms with van der Waals surface area (Å²) in [5, 5.41) is -0.864. The molecule has 0 aliphatic heterocycles. The van der Waals surface area contributed by atoms with E-state index in [2.05, 4.69) is 0 Å². The van der Waals surface area contributed by atoms with E-state index in [1.807, 2.05) is 97.1 Å². The minimum atomic E-state index is -6.83. The van der Waals surface area contributed by atoms with E-state index in [0.717, 1.165) is 45.5 Å². The Balaban J connectivity index is 1.49. The highest BCUT2D eigenvalue weighted by molar-refractivity contribution is 5.93. The Bertz CT molecular complexity index is 2110. The Morgan fingerprint density at radius 1 is 0.417 bits per heavy atom. The molecule has 0 nitrogen and oxygen atoms in total. The van der Waals surface area contributed by atoms with Gasteiger partial charge in [0.15, 0.2) is 0 Å². The molecule has 0 saturated heterocycles. The first-order chi connectivity index (χ1) is 22.7. The largest absolute Gasteiger partial charge is 0.457 e. The van der Waals surface area contributed by atoms with Gasteiger partial charge < -0.3 is 0 Å². The fourth-order valence-electron chi connectivity index (χ4n) is 7.07. The van der Waals surface area contributed by atoms with E-state index in [4.69, 9.17) is 0 Å². The number of alkyl halides is 9. The molecule has 6 aromatic rings. The normalized spacial score (nSPS) is 15.5. The topological polar surface area (TPSA) is 0 Å². The molecule has 1 aliphatic carbocycles. The second-order valence-electron chi connectivity index (χ2n) is 11.8. The van der Waals surface area contributed by atoms with Crippen LogP contribution in [0.25, 0.3) is 33.0 Å². The molecule has 0 fully saturated rings.